The van der Waals surface area contributed by atoms with Crippen LogP contribution in [0.2, 0.25) is 0 Å². The molecule has 2 aromatic rings. The largest absolute Gasteiger partial charge is 0.344 e. The number of amides is 1. The van der Waals surface area contributed by atoms with Crippen molar-refractivity contribution in [3.05, 3.63) is 47.6 Å². The van der Waals surface area contributed by atoms with Gasteiger partial charge in [0.25, 0.3) is 0 Å². The number of rotatable bonds is 6. The molecule has 0 aliphatic rings. The first-order chi connectivity index (χ1) is 10.1. The van der Waals surface area contributed by atoms with Crippen LogP contribution in [0.25, 0.3) is 0 Å². The molecule has 3 N–H and O–H groups in total. The van der Waals surface area contributed by atoms with Crippen molar-refractivity contribution in [2.45, 2.75) is 26.3 Å². The smallest absolute Gasteiger partial charge is 0.248 e. The van der Waals surface area contributed by atoms with Gasteiger partial charge in [-0.05, 0) is 12.5 Å². The summed E-state index contributed by atoms with van der Waals surface area (Å²) < 4.78 is 5.21. The molecule has 2 rings (SSSR count). The standard InChI is InChI=1S/C15H20N4O2/c1-10(9-16)14(20)17-11(2)15-18-13(19-21-15)8-12-6-4-3-5-7-12/h3-7,10-11H,8-9,16H2,1-2H3,(H,17,20). The molecule has 2 atom stereocenters. The van der Waals surface area contributed by atoms with Gasteiger partial charge in [0.1, 0.15) is 6.04 Å². The summed E-state index contributed by atoms with van der Waals surface area (Å²) >= 11 is 0. The van der Waals surface area contributed by atoms with Crippen LogP contribution >= 0.6 is 0 Å². The summed E-state index contributed by atoms with van der Waals surface area (Å²) in [6.07, 6.45) is 0.601. The Bertz CT molecular complexity index is 582. The highest BCUT2D eigenvalue weighted by atomic mass is 16.5. The minimum atomic E-state index is -0.330. The second-order valence-electron chi connectivity index (χ2n) is 5.08. The fraction of sp³-hybridized carbons (Fsp3) is 0.400. The van der Waals surface area contributed by atoms with E-state index >= 15 is 0 Å². The van der Waals surface area contributed by atoms with Crippen LogP contribution in [-0.4, -0.2) is 22.6 Å². The zero-order chi connectivity index (χ0) is 15.2. The number of carbonyl (C=O) groups excluding carboxylic acids is 1. The van der Waals surface area contributed by atoms with E-state index in [1.54, 1.807) is 13.8 Å². The highest BCUT2D eigenvalue weighted by Crippen LogP contribution is 2.12. The third-order valence-electron chi connectivity index (χ3n) is 3.22. The van der Waals surface area contributed by atoms with E-state index in [0.717, 1.165) is 5.56 Å². The zero-order valence-electron chi connectivity index (χ0n) is 12.2. The minimum absolute atomic E-state index is 0.118. The van der Waals surface area contributed by atoms with E-state index < -0.39 is 0 Å². The lowest BCUT2D eigenvalue weighted by Gasteiger charge is -2.13. The molecule has 0 fully saturated rings. The van der Waals surface area contributed by atoms with Crippen LogP contribution in [-0.2, 0) is 11.2 Å². The van der Waals surface area contributed by atoms with E-state index in [2.05, 4.69) is 15.5 Å². The van der Waals surface area contributed by atoms with Crippen LogP contribution in [0.5, 0.6) is 0 Å². The Morgan fingerprint density at radius 2 is 2.05 bits per heavy atom. The summed E-state index contributed by atoms with van der Waals surface area (Å²) in [5.41, 5.74) is 6.57. The van der Waals surface area contributed by atoms with E-state index in [9.17, 15) is 4.79 Å². The quantitative estimate of drug-likeness (QED) is 0.838. The number of nitrogens with two attached hydrogens (primary N) is 1. The predicted molar refractivity (Wildman–Crippen MR) is 78.3 cm³/mol. The van der Waals surface area contributed by atoms with Gasteiger partial charge >= 0.3 is 0 Å². The van der Waals surface area contributed by atoms with Crippen molar-refractivity contribution in [1.82, 2.24) is 15.5 Å². The molecule has 1 aromatic carbocycles. The fourth-order valence-electron chi connectivity index (χ4n) is 1.82. The molecule has 0 spiro atoms. The molecule has 0 aliphatic carbocycles. The van der Waals surface area contributed by atoms with Gasteiger partial charge < -0.3 is 15.6 Å². The first-order valence-corrected chi connectivity index (χ1v) is 6.97. The van der Waals surface area contributed by atoms with Crippen LogP contribution in [0, 0.1) is 5.92 Å². The number of hydrogen-bond acceptors (Lipinski definition) is 5. The van der Waals surface area contributed by atoms with Crippen molar-refractivity contribution in [1.29, 1.82) is 0 Å². The monoisotopic (exact) mass is 288 g/mol. The second-order valence-corrected chi connectivity index (χ2v) is 5.08. The predicted octanol–water partition coefficient (Wildman–Crippen LogP) is 1.43. The Morgan fingerprint density at radius 1 is 1.33 bits per heavy atom. The molecular formula is C15H20N4O2. The Labute approximate surface area is 123 Å². The molecule has 0 saturated heterocycles. The van der Waals surface area contributed by atoms with Gasteiger partial charge in [0.05, 0.1) is 0 Å². The van der Waals surface area contributed by atoms with Crippen LogP contribution in [0.15, 0.2) is 34.9 Å². The van der Waals surface area contributed by atoms with E-state index in [-0.39, 0.29) is 17.9 Å². The molecule has 6 heteroatoms. The van der Waals surface area contributed by atoms with Crippen molar-refractivity contribution in [2.24, 2.45) is 11.7 Å². The normalized spacial score (nSPS) is 13.7. The molecular weight excluding hydrogens is 268 g/mol. The lowest BCUT2D eigenvalue weighted by atomic mass is 10.1. The Morgan fingerprint density at radius 3 is 2.71 bits per heavy atom. The van der Waals surface area contributed by atoms with Crippen LogP contribution in [0.1, 0.15) is 37.2 Å². The maximum absolute atomic E-state index is 11.8. The average Bonchev–Trinajstić information content (AvgIpc) is 2.96. The third-order valence-corrected chi connectivity index (χ3v) is 3.22. The molecule has 6 nitrogen and oxygen atoms in total. The Balaban J connectivity index is 1.97. The van der Waals surface area contributed by atoms with Crippen molar-refractivity contribution in [3.8, 4) is 0 Å². The van der Waals surface area contributed by atoms with Gasteiger partial charge in [0.15, 0.2) is 5.82 Å². The molecule has 2 unspecified atom stereocenters. The number of aromatic nitrogens is 2. The maximum Gasteiger partial charge on any atom is 0.248 e. The van der Waals surface area contributed by atoms with E-state index in [4.69, 9.17) is 10.3 Å². The van der Waals surface area contributed by atoms with Crippen LogP contribution < -0.4 is 11.1 Å². The first-order valence-electron chi connectivity index (χ1n) is 6.97. The van der Waals surface area contributed by atoms with Gasteiger partial charge in [-0.3, -0.25) is 4.79 Å². The summed E-state index contributed by atoms with van der Waals surface area (Å²) in [6.45, 7) is 3.89. The van der Waals surface area contributed by atoms with Crippen molar-refractivity contribution >= 4 is 5.91 Å². The highest BCUT2D eigenvalue weighted by molar-refractivity contribution is 5.78. The minimum Gasteiger partial charge on any atom is -0.344 e. The molecule has 0 bridgehead atoms. The van der Waals surface area contributed by atoms with Crippen molar-refractivity contribution < 1.29 is 9.32 Å². The molecule has 0 saturated carbocycles. The van der Waals surface area contributed by atoms with Crippen LogP contribution in [0.4, 0.5) is 0 Å². The fourth-order valence-corrected chi connectivity index (χ4v) is 1.82. The number of nitrogens with zero attached hydrogens (tertiary/aromatic N) is 2. The SMILES string of the molecule is CC(CN)C(=O)NC(C)c1nc(Cc2ccccc2)no1. The summed E-state index contributed by atoms with van der Waals surface area (Å²) in [4.78, 5) is 16.1. The highest BCUT2D eigenvalue weighted by Gasteiger charge is 2.19. The number of nitrogens with one attached hydrogen (secondary N) is 1. The van der Waals surface area contributed by atoms with Gasteiger partial charge in [0, 0.05) is 18.9 Å². The van der Waals surface area contributed by atoms with Crippen LogP contribution in [0.3, 0.4) is 0 Å². The zero-order valence-corrected chi connectivity index (χ0v) is 12.2. The summed E-state index contributed by atoms with van der Waals surface area (Å²) in [7, 11) is 0. The van der Waals surface area contributed by atoms with E-state index in [0.29, 0.717) is 24.7 Å². The molecule has 112 valence electrons. The van der Waals surface area contributed by atoms with Crippen molar-refractivity contribution in [2.75, 3.05) is 6.54 Å². The summed E-state index contributed by atoms with van der Waals surface area (Å²) in [5, 5.41) is 6.75. The summed E-state index contributed by atoms with van der Waals surface area (Å²) in [6, 6.07) is 9.57. The maximum atomic E-state index is 11.8. The number of carbonyl (C=O) groups is 1. The topological polar surface area (TPSA) is 94.0 Å². The molecule has 1 amide bonds. The Hall–Kier alpha value is -2.21. The van der Waals surface area contributed by atoms with Gasteiger partial charge in [-0.25, -0.2) is 0 Å². The summed E-state index contributed by atoms with van der Waals surface area (Å²) in [5.74, 6) is 0.648. The molecule has 0 aliphatic heterocycles. The molecule has 0 radical (unpaired) electrons. The van der Waals surface area contributed by atoms with Crippen molar-refractivity contribution in [3.63, 3.8) is 0 Å². The Kier molecular flexibility index (Phi) is 5.05. The lowest BCUT2D eigenvalue weighted by molar-refractivity contribution is -0.125. The lowest BCUT2D eigenvalue weighted by Crippen LogP contribution is -2.35. The van der Waals surface area contributed by atoms with Gasteiger partial charge in [0.2, 0.25) is 11.8 Å². The van der Waals surface area contributed by atoms with Gasteiger partial charge in [-0.2, -0.15) is 4.98 Å². The number of benzene rings is 1. The molecule has 1 aromatic heterocycles. The second kappa shape index (κ2) is 6.99. The van der Waals surface area contributed by atoms with E-state index in [1.165, 1.54) is 0 Å². The average molecular weight is 288 g/mol. The third kappa shape index (κ3) is 4.13. The first kappa shape index (κ1) is 15.2. The van der Waals surface area contributed by atoms with Gasteiger partial charge in [-0.1, -0.05) is 42.4 Å². The van der Waals surface area contributed by atoms with E-state index in [1.807, 2.05) is 30.3 Å². The van der Waals surface area contributed by atoms with Gasteiger partial charge in [-0.15, -0.1) is 0 Å². The molecule has 21 heavy (non-hydrogen) atoms. The number of hydrogen-bond donors (Lipinski definition) is 2. The molecule has 1 heterocycles.